The second kappa shape index (κ2) is 4.42. The molecule has 1 aromatic heterocycles. The van der Waals surface area contributed by atoms with Gasteiger partial charge in [-0.2, -0.15) is 0 Å². The van der Waals surface area contributed by atoms with Gasteiger partial charge in [-0.05, 0) is 25.8 Å². The molecule has 1 aliphatic rings. The molecule has 0 fully saturated rings. The fourth-order valence-corrected chi connectivity index (χ4v) is 2.01. The summed E-state index contributed by atoms with van der Waals surface area (Å²) in [5, 5.41) is 3.41. The van der Waals surface area contributed by atoms with Crippen molar-refractivity contribution >= 4 is 5.82 Å². The number of pyridine rings is 1. The van der Waals surface area contributed by atoms with Gasteiger partial charge in [0.15, 0.2) is 0 Å². The van der Waals surface area contributed by atoms with Crippen molar-refractivity contribution in [3.05, 3.63) is 23.4 Å². The first-order chi connectivity index (χ1) is 7.59. The van der Waals surface area contributed by atoms with E-state index in [9.17, 15) is 0 Å². The largest absolute Gasteiger partial charge is 0.341 e. The van der Waals surface area contributed by atoms with Crippen molar-refractivity contribution in [3.8, 4) is 0 Å². The summed E-state index contributed by atoms with van der Waals surface area (Å²) in [6.45, 7) is 10.6. The van der Waals surface area contributed by atoms with Gasteiger partial charge in [0.25, 0.3) is 0 Å². The molecule has 16 heavy (non-hydrogen) atoms. The number of nitrogens with zero attached hydrogens (tertiary/aromatic N) is 2. The third kappa shape index (κ3) is 2.05. The van der Waals surface area contributed by atoms with Crippen LogP contribution in [0.25, 0.3) is 0 Å². The number of nitrogens with one attached hydrogen (secondary N) is 1. The topological polar surface area (TPSA) is 28.2 Å². The van der Waals surface area contributed by atoms with Crippen LogP contribution < -0.4 is 10.2 Å². The number of hydrogen-bond donors (Lipinski definition) is 1. The molecule has 2 rings (SSSR count). The average molecular weight is 219 g/mol. The fraction of sp³-hybridized carbons (Fsp3) is 0.615. The molecule has 0 radical (unpaired) electrons. The van der Waals surface area contributed by atoms with Crippen LogP contribution in [0.1, 0.15) is 44.9 Å². The SMILES string of the molecule is CC(C)c1ccc2c(n1)N(C(C)C)CNC2. The Balaban J connectivity index is 2.40. The summed E-state index contributed by atoms with van der Waals surface area (Å²) in [6, 6.07) is 4.84. The average Bonchev–Trinajstić information content (AvgIpc) is 2.27. The van der Waals surface area contributed by atoms with E-state index in [0.717, 1.165) is 13.2 Å². The van der Waals surface area contributed by atoms with Crippen LogP contribution in [-0.4, -0.2) is 17.7 Å². The molecule has 0 amide bonds. The lowest BCUT2D eigenvalue weighted by Gasteiger charge is -2.34. The summed E-state index contributed by atoms with van der Waals surface area (Å²) >= 11 is 0. The Labute approximate surface area is 97.9 Å². The maximum Gasteiger partial charge on any atom is 0.134 e. The molecule has 0 unspecified atom stereocenters. The van der Waals surface area contributed by atoms with Gasteiger partial charge in [0.2, 0.25) is 0 Å². The highest BCUT2D eigenvalue weighted by molar-refractivity contribution is 5.50. The van der Waals surface area contributed by atoms with Crippen molar-refractivity contribution in [2.75, 3.05) is 11.6 Å². The van der Waals surface area contributed by atoms with Crippen LogP contribution in [0.2, 0.25) is 0 Å². The van der Waals surface area contributed by atoms with Crippen molar-refractivity contribution in [2.24, 2.45) is 0 Å². The third-order valence-electron chi connectivity index (χ3n) is 3.06. The maximum absolute atomic E-state index is 4.80. The first kappa shape index (κ1) is 11.4. The number of hydrogen-bond acceptors (Lipinski definition) is 3. The van der Waals surface area contributed by atoms with Crippen LogP contribution in [0.3, 0.4) is 0 Å². The normalized spacial score (nSPS) is 15.8. The van der Waals surface area contributed by atoms with Crippen LogP contribution >= 0.6 is 0 Å². The van der Waals surface area contributed by atoms with Crippen molar-refractivity contribution in [3.63, 3.8) is 0 Å². The highest BCUT2D eigenvalue weighted by Crippen LogP contribution is 2.25. The van der Waals surface area contributed by atoms with Crippen molar-refractivity contribution in [1.29, 1.82) is 0 Å². The Morgan fingerprint density at radius 2 is 2.00 bits per heavy atom. The van der Waals surface area contributed by atoms with Crippen molar-refractivity contribution < 1.29 is 0 Å². The van der Waals surface area contributed by atoms with E-state index in [0.29, 0.717) is 12.0 Å². The molecule has 1 N–H and O–H groups in total. The number of fused-ring (bicyclic) bond motifs is 1. The lowest BCUT2D eigenvalue weighted by molar-refractivity contribution is 0.558. The minimum Gasteiger partial charge on any atom is -0.341 e. The molecule has 0 aliphatic carbocycles. The zero-order valence-corrected chi connectivity index (χ0v) is 10.6. The molecule has 0 saturated carbocycles. The second-order valence-corrected chi connectivity index (χ2v) is 5.02. The molecule has 0 aromatic carbocycles. The standard InChI is InChI=1S/C13H21N3/c1-9(2)12-6-5-11-7-14-8-16(10(3)4)13(11)15-12/h5-6,9-10,14H,7-8H2,1-4H3. The number of anilines is 1. The molecule has 0 bridgehead atoms. The summed E-state index contributed by atoms with van der Waals surface area (Å²) in [6.07, 6.45) is 0. The van der Waals surface area contributed by atoms with E-state index in [1.54, 1.807) is 0 Å². The third-order valence-corrected chi connectivity index (χ3v) is 3.06. The lowest BCUT2D eigenvalue weighted by Crippen LogP contribution is -2.43. The van der Waals surface area contributed by atoms with E-state index in [4.69, 9.17) is 4.98 Å². The molecule has 3 nitrogen and oxygen atoms in total. The predicted octanol–water partition coefficient (Wildman–Crippen LogP) is 2.48. The second-order valence-electron chi connectivity index (χ2n) is 5.02. The smallest absolute Gasteiger partial charge is 0.134 e. The first-order valence-electron chi connectivity index (χ1n) is 6.06. The van der Waals surface area contributed by atoms with Crippen LogP contribution in [0, 0.1) is 0 Å². The lowest BCUT2D eigenvalue weighted by atomic mass is 10.1. The van der Waals surface area contributed by atoms with E-state index >= 15 is 0 Å². The van der Waals surface area contributed by atoms with Gasteiger partial charge in [-0.25, -0.2) is 4.98 Å². The highest BCUT2D eigenvalue weighted by Gasteiger charge is 2.20. The fourth-order valence-electron chi connectivity index (χ4n) is 2.01. The monoisotopic (exact) mass is 219 g/mol. The van der Waals surface area contributed by atoms with Crippen LogP contribution in [0.15, 0.2) is 12.1 Å². The molecule has 0 atom stereocenters. The quantitative estimate of drug-likeness (QED) is 0.828. The minimum absolute atomic E-state index is 0.487. The van der Waals surface area contributed by atoms with E-state index in [-0.39, 0.29) is 0 Å². The number of rotatable bonds is 2. The molecular formula is C13H21N3. The Kier molecular flexibility index (Phi) is 3.15. The molecule has 3 heteroatoms. The molecule has 1 aromatic rings. The van der Waals surface area contributed by atoms with E-state index in [1.165, 1.54) is 17.1 Å². The molecule has 2 heterocycles. The number of aromatic nitrogens is 1. The Hall–Kier alpha value is -1.09. The summed E-state index contributed by atoms with van der Waals surface area (Å²) in [7, 11) is 0. The highest BCUT2D eigenvalue weighted by atomic mass is 15.3. The van der Waals surface area contributed by atoms with Crippen molar-refractivity contribution in [2.45, 2.75) is 46.2 Å². The van der Waals surface area contributed by atoms with Crippen molar-refractivity contribution in [1.82, 2.24) is 10.3 Å². The van der Waals surface area contributed by atoms with Gasteiger partial charge in [-0.15, -0.1) is 0 Å². The van der Waals surface area contributed by atoms with Gasteiger partial charge in [0.1, 0.15) is 5.82 Å². The summed E-state index contributed by atoms with van der Waals surface area (Å²) in [5.74, 6) is 1.66. The Morgan fingerprint density at radius 1 is 1.25 bits per heavy atom. The van der Waals surface area contributed by atoms with E-state index in [2.05, 4.69) is 50.0 Å². The molecule has 1 aliphatic heterocycles. The van der Waals surface area contributed by atoms with E-state index in [1.807, 2.05) is 0 Å². The maximum atomic E-state index is 4.80. The molecule has 88 valence electrons. The van der Waals surface area contributed by atoms with Gasteiger partial charge >= 0.3 is 0 Å². The van der Waals surface area contributed by atoms with Crippen LogP contribution in [0.4, 0.5) is 5.82 Å². The summed E-state index contributed by atoms with van der Waals surface area (Å²) in [5.41, 5.74) is 2.50. The van der Waals surface area contributed by atoms with Gasteiger partial charge in [-0.3, -0.25) is 5.32 Å². The van der Waals surface area contributed by atoms with Gasteiger partial charge in [-0.1, -0.05) is 19.9 Å². The Bertz CT molecular complexity index is 371. The summed E-state index contributed by atoms with van der Waals surface area (Å²) in [4.78, 5) is 7.13. The van der Waals surface area contributed by atoms with Gasteiger partial charge in [0, 0.05) is 23.8 Å². The first-order valence-corrected chi connectivity index (χ1v) is 6.06. The molecular weight excluding hydrogens is 198 g/mol. The van der Waals surface area contributed by atoms with Gasteiger partial charge in [0.05, 0.1) is 6.67 Å². The Morgan fingerprint density at radius 3 is 2.62 bits per heavy atom. The molecule has 0 saturated heterocycles. The zero-order valence-electron chi connectivity index (χ0n) is 10.6. The van der Waals surface area contributed by atoms with Crippen LogP contribution in [-0.2, 0) is 6.54 Å². The summed E-state index contributed by atoms with van der Waals surface area (Å²) < 4.78 is 0. The minimum atomic E-state index is 0.487. The zero-order chi connectivity index (χ0) is 11.7. The van der Waals surface area contributed by atoms with Crippen LogP contribution in [0.5, 0.6) is 0 Å². The predicted molar refractivity (Wildman–Crippen MR) is 67.6 cm³/mol. The van der Waals surface area contributed by atoms with E-state index < -0.39 is 0 Å². The van der Waals surface area contributed by atoms with Gasteiger partial charge < -0.3 is 4.90 Å². The molecule has 0 spiro atoms.